The van der Waals surface area contributed by atoms with Gasteiger partial charge in [0.15, 0.2) is 37.2 Å². The van der Waals surface area contributed by atoms with Gasteiger partial charge in [-0.15, -0.1) is 0 Å². The third-order valence-electron chi connectivity index (χ3n) is 21.3. The molecule has 4 aliphatic carbocycles. The predicted molar refractivity (Wildman–Crippen MR) is 278 cm³/mol. The number of hydrogen-bond donors (Lipinski definition) is 17. The molecule has 0 spiro atoms. The summed E-state index contributed by atoms with van der Waals surface area (Å²) in [7, 11) is 0. The molecule has 10 rings (SSSR count). The molecule has 0 radical (unpaired) electrons. The average Bonchev–Trinajstić information content (AvgIpc) is 1.98. The summed E-state index contributed by atoms with van der Waals surface area (Å²) in [6.07, 6.45) is -33.2. The average molecular weight is 1210 g/mol. The lowest BCUT2D eigenvalue weighted by atomic mass is 9.46. The molecule has 9 fully saturated rings. The molecular weight excluding hydrogens is 1120 g/mol. The van der Waals surface area contributed by atoms with Crippen molar-refractivity contribution in [1.29, 1.82) is 0 Å². The van der Waals surface area contributed by atoms with Crippen LogP contribution in [-0.2, 0) is 52.1 Å². The van der Waals surface area contributed by atoms with Gasteiger partial charge in [0.2, 0.25) is 0 Å². The van der Waals surface area contributed by atoms with Crippen molar-refractivity contribution in [2.75, 3.05) is 33.0 Å². The number of ether oxygens (including phenoxy) is 11. The Bertz CT molecular complexity index is 2220. The fourth-order valence-corrected chi connectivity index (χ4v) is 16.2. The maximum atomic E-state index is 12.4. The van der Waals surface area contributed by atoms with Crippen LogP contribution in [0.15, 0.2) is 11.6 Å². The zero-order chi connectivity index (χ0) is 60.8. The highest BCUT2D eigenvalue weighted by molar-refractivity contribution is 5.28. The monoisotopic (exact) mass is 1210 g/mol. The van der Waals surface area contributed by atoms with Crippen LogP contribution in [0.5, 0.6) is 0 Å². The molecule has 6 saturated heterocycles. The maximum Gasteiger partial charge on any atom is 0.187 e. The Balaban J connectivity index is 0.758. The summed E-state index contributed by atoms with van der Waals surface area (Å²) in [5, 5.41) is 183. The normalized spacial score (nSPS) is 55.3. The van der Waals surface area contributed by atoms with Gasteiger partial charge in [-0.1, -0.05) is 39.3 Å². The number of aliphatic hydroxyl groups excluding tert-OH is 16. The minimum atomic E-state index is -1.81. The van der Waals surface area contributed by atoms with Crippen LogP contribution < -0.4 is 0 Å². The van der Waals surface area contributed by atoms with Crippen molar-refractivity contribution < 1.29 is 139 Å². The van der Waals surface area contributed by atoms with Gasteiger partial charge < -0.3 is 139 Å². The van der Waals surface area contributed by atoms with Crippen molar-refractivity contribution in [3.8, 4) is 0 Å². The molecule has 17 N–H and O–H groups in total. The predicted octanol–water partition coefficient (Wildman–Crippen LogP) is -5.57. The number of hydrogen-bond acceptors (Lipinski definition) is 28. The molecule has 84 heavy (non-hydrogen) atoms. The molecule has 6 heterocycles. The van der Waals surface area contributed by atoms with E-state index in [-0.39, 0.29) is 66.5 Å². The second kappa shape index (κ2) is 25.7. The lowest BCUT2D eigenvalue weighted by Gasteiger charge is -2.60. The molecule has 0 bridgehead atoms. The van der Waals surface area contributed by atoms with E-state index in [1.165, 1.54) is 6.92 Å². The quantitative estimate of drug-likeness (QED) is 0.0604. The van der Waals surface area contributed by atoms with Crippen LogP contribution >= 0.6 is 0 Å². The Labute approximate surface area is 486 Å². The molecule has 3 saturated carbocycles. The Morgan fingerprint density at radius 1 is 0.607 bits per heavy atom. The van der Waals surface area contributed by atoms with Crippen molar-refractivity contribution in [2.24, 2.45) is 46.3 Å². The summed E-state index contributed by atoms with van der Waals surface area (Å²) in [4.78, 5) is 0. The van der Waals surface area contributed by atoms with Gasteiger partial charge in [0.1, 0.15) is 110 Å². The van der Waals surface area contributed by atoms with E-state index in [4.69, 9.17) is 52.1 Å². The lowest BCUT2D eigenvalue weighted by molar-refractivity contribution is -0.386. The van der Waals surface area contributed by atoms with Gasteiger partial charge in [0.05, 0.1) is 57.5 Å². The maximum absolute atomic E-state index is 12.4. The van der Waals surface area contributed by atoms with E-state index in [1.54, 1.807) is 0 Å². The molecule has 0 aromatic heterocycles. The van der Waals surface area contributed by atoms with E-state index in [9.17, 15) is 86.8 Å². The van der Waals surface area contributed by atoms with Crippen LogP contribution in [0.3, 0.4) is 0 Å². The zero-order valence-electron chi connectivity index (χ0n) is 47.9. The second-order valence-corrected chi connectivity index (χ2v) is 26.3. The van der Waals surface area contributed by atoms with Crippen LogP contribution in [0.1, 0.15) is 86.0 Å². The Morgan fingerprint density at radius 2 is 1.19 bits per heavy atom. The van der Waals surface area contributed by atoms with E-state index in [0.29, 0.717) is 25.7 Å². The number of aliphatic hydroxyl groups is 17. The third kappa shape index (κ3) is 11.7. The lowest BCUT2D eigenvalue weighted by Crippen LogP contribution is -2.66. The van der Waals surface area contributed by atoms with Gasteiger partial charge >= 0.3 is 0 Å². The van der Waals surface area contributed by atoms with Gasteiger partial charge in [-0.25, -0.2) is 0 Å². The summed E-state index contributed by atoms with van der Waals surface area (Å²) in [5.74, 6) is -1.43. The van der Waals surface area contributed by atoms with Gasteiger partial charge in [-0.3, -0.25) is 0 Å². The van der Waals surface area contributed by atoms with Crippen molar-refractivity contribution in [3.05, 3.63) is 11.6 Å². The van der Waals surface area contributed by atoms with Gasteiger partial charge in [0.25, 0.3) is 0 Å². The van der Waals surface area contributed by atoms with Crippen LogP contribution in [0, 0.1) is 46.3 Å². The minimum absolute atomic E-state index is 0.0203. The number of fused-ring (bicyclic) bond motifs is 7. The molecule has 6 aliphatic heterocycles. The first kappa shape index (κ1) is 65.6. The van der Waals surface area contributed by atoms with E-state index in [2.05, 4.69) is 19.9 Å². The van der Waals surface area contributed by atoms with Gasteiger partial charge in [-0.2, -0.15) is 0 Å². The smallest absolute Gasteiger partial charge is 0.187 e. The van der Waals surface area contributed by atoms with Crippen molar-refractivity contribution in [3.63, 3.8) is 0 Å². The largest absolute Gasteiger partial charge is 0.394 e. The fraction of sp³-hybridized carbons (Fsp3) is 0.964. The molecule has 0 amide bonds. The van der Waals surface area contributed by atoms with E-state index < -0.39 is 197 Å². The molecular formula is C56H92O28. The highest BCUT2D eigenvalue weighted by atomic mass is 16.8. The first-order valence-electron chi connectivity index (χ1n) is 29.9. The van der Waals surface area contributed by atoms with E-state index in [0.717, 1.165) is 18.4 Å². The van der Waals surface area contributed by atoms with Crippen molar-refractivity contribution >= 4 is 0 Å². The van der Waals surface area contributed by atoms with Crippen LogP contribution in [0.4, 0.5) is 0 Å². The van der Waals surface area contributed by atoms with E-state index >= 15 is 0 Å². The van der Waals surface area contributed by atoms with E-state index in [1.807, 2.05) is 13.8 Å². The summed E-state index contributed by atoms with van der Waals surface area (Å²) < 4.78 is 65.5. The number of allylic oxidation sites excluding steroid dienone is 1. The van der Waals surface area contributed by atoms with Crippen molar-refractivity contribution in [1.82, 2.24) is 0 Å². The minimum Gasteiger partial charge on any atom is -0.394 e. The topological polar surface area (TPSA) is 445 Å². The summed E-state index contributed by atoms with van der Waals surface area (Å²) in [6.45, 7) is 7.19. The molecule has 28 heteroatoms. The summed E-state index contributed by atoms with van der Waals surface area (Å²) in [6, 6.07) is 0. The molecule has 28 nitrogen and oxygen atoms in total. The summed E-state index contributed by atoms with van der Waals surface area (Å²) in [5.41, 5.74) is 0.123. The SMILES string of the molecule is CC(CCC1(O)OC2CC3C4CC=C5CC(OC6OC(CO)C(OC7OCC(O)C(O)C7O)C(O)C6OC6OC(C)C(O)C(O)C6O)CC(O)C5(C)C4CCC3(C)C2C1C)COC1OC(CO)C(OC2OC(CO)C(O)C(O)C2O)C(O)C1O. The first-order chi connectivity index (χ1) is 39.7. The Hall–Kier alpha value is -1.38. The zero-order valence-corrected chi connectivity index (χ0v) is 47.9. The standard InChI is InChI=1S/C56H92O28/c1-20(18-74-49-44(71)40(67)46(31(16-58)79-49)82-52-43(70)39(66)37(64)30(15-57)78-52)8-11-56(73)21(2)34-29(84-56)14-27-25-7-6-23-12-24(13-33(61)55(23,5)26(25)9-10-54(27,34)4)77-53-48(83-51-42(69)38(65)35(62)22(3)76-51)45(72)47(32(17-59)80-53)81-50-41(68)36(63)28(60)19-75-50/h6,20-22,24-53,57-73H,7-19H2,1-5H3. The van der Waals surface area contributed by atoms with Crippen molar-refractivity contribution in [2.45, 2.75) is 258 Å². The van der Waals surface area contributed by atoms with Gasteiger partial charge in [-0.05, 0) is 80.5 Å². The Kier molecular flexibility index (Phi) is 20.1. The second-order valence-electron chi connectivity index (χ2n) is 26.3. The van der Waals surface area contributed by atoms with Gasteiger partial charge in [0, 0.05) is 24.2 Å². The van der Waals surface area contributed by atoms with Crippen LogP contribution in [0.25, 0.3) is 0 Å². The van der Waals surface area contributed by atoms with Crippen LogP contribution in [0.2, 0.25) is 0 Å². The molecule has 36 atom stereocenters. The summed E-state index contributed by atoms with van der Waals surface area (Å²) >= 11 is 0. The third-order valence-corrected chi connectivity index (χ3v) is 21.3. The number of rotatable bonds is 17. The van der Waals surface area contributed by atoms with Crippen LogP contribution in [-0.4, -0.2) is 291 Å². The Morgan fingerprint density at radius 3 is 1.87 bits per heavy atom. The molecule has 36 unspecified atom stereocenters. The molecule has 0 aromatic carbocycles. The highest BCUT2D eigenvalue weighted by Crippen LogP contribution is 2.70. The molecule has 484 valence electrons. The molecule has 10 aliphatic rings. The first-order valence-corrected chi connectivity index (χ1v) is 29.9. The fourth-order valence-electron chi connectivity index (χ4n) is 16.2. The molecule has 0 aromatic rings. The highest BCUT2D eigenvalue weighted by Gasteiger charge is 2.69.